The van der Waals surface area contributed by atoms with Crippen molar-refractivity contribution in [3.8, 4) is 0 Å². The molecule has 0 atom stereocenters. The average molecular weight is 612 g/mol. The van der Waals surface area contributed by atoms with Crippen LogP contribution in [-0.2, 0) is 14.6 Å². The van der Waals surface area contributed by atoms with Gasteiger partial charge in [-0.05, 0) is 63.6 Å². The number of benzene rings is 3. The predicted octanol–water partition coefficient (Wildman–Crippen LogP) is 2.78. The molecule has 226 valence electrons. The van der Waals surface area contributed by atoms with Gasteiger partial charge in [0.25, 0.3) is 5.91 Å². The quantitative estimate of drug-likeness (QED) is 0.312. The van der Waals surface area contributed by atoms with Gasteiger partial charge < -0.3 is 20.0 Å². The third kappa shape index (κ3) is 6.50. The molecule has 2 amide bonds. The smallest absolute Gasteiger partial charge is 0.273 e. The number of sulfone groups is 1. The maximum Gasteiger partial charge on any atom is 0.273 e. The molecule has 5 rings (SSSR count). The van der Waals surface area contributed by atoms with E-state index in [1.807, 2.05) is 7.05 Å². The van der Waals surface area contributed by atoms with Gasteiger partial charge in [-0.25, -0.2) is 22.6 Å². The van der Waals surface area contributed by atoms with Crippen molar-refractivity contribution in [2.75, 3.05) is 69.5 Å². The van der Waals surface area contributed by atoms with Crippen LogP contribution in [0.25, 0.3) is 10.9 Å². The Morgan fingerprint density at radius 3 is 2.33 bits per heavy atom. The predicted molar refractivity (Wildman–Crippen MR) is 159 cm³/mol. The van der Waals surface area contributed by atoms with E-state index in [4.69, 9.17) is 0 Å². The highest BCUT2D eigenvalue weighted by molar-refractivity contribution is 7.91. The van der Waals surface area contributed by atoms with Crippen LogP contribution < -0.4 is 15.6 Å². The van der Waals surface area contributed by atoms with Crippen LogP contribution in [0.3, 0.4) is 0 Å². The number of likely N-dealkylation sites (N-methyl/N-ethyl adjacent to an activating group) is 2. The van der Waals surface area contributed by atoms with Crippen LogP contribution in [0.15, 0.2) is 70.6 Å². The molecule has 4 aromatic rings. The first-order valence-electron chi connectivity index (χ1n) is 13.4. The fraction of sp³-hybridized carbons (Fsp3) is 0.276. The zero-order valence-electron chi connectivity index (χ0n) is 23.8. The van der Waals surface area contributed by atoms with E-state index < -0.39 is 32.3 Å². The van der Waals surface area contributed by atoms with Crippen molar-refractivity contribution in [1.82, 2.24) is 19.7 Å². The van der Waals surface area contributed by atoms with Crippen molar-refractivity contribution in [1.29, 1.82) is 0 Å². The molecule has 2 heterocycles. The van der Waals surface area contributed by atoms with Gasteiger partial charge >= 0.3 is 0 Å². The molecule has 0 saturated carbocycles. The summed E-state index contributed by atoms with van der Waals surface area (Å²) in [6.07, 6.45) is 1.38. The second kappa shape index (κ2) is 12.1. The summed E-state index contributed by atoms with van der Waals surface area (Å²) in [5.74, 6) is -2.72. The molecular weight excluding hydrogens is 580 g/mol. The fourth-order valence-electron chi connectivity index (χ4n) is 4.92. The summed E-state index contributed by atoms with van der Waals surface area (Å²) in [7, 11) is 1.37. The number of amides is 2. The van der Waals surface area contributed by atoms with Gasteiger partial charge in [0, 0.05) is 37.6 Å². The molecule has 2 N–H and O–H groups in total. The second-order valence-electron chi connectivity index (χ2n) is 10.6. The fourth-order valence-corrected chi connectivity index (χ4v) is 6.26. The Balaban J connectivity index is 1.45. The van der Waals surface area contributed by atoms with E-state index in [0.29, 0.717) is 47.0 Å². The maximum atomic E-state index is 13.7. The number of aromatic nitrogens is 2. The van der Waals surface area contributed by atoms with Gasteiger partial charge in [0.1, 0.15) is 11.6 Å². The Morgan fingerprint density at radius 1 is 0.953 bits per heavy atom. The van der Waals surface area contributed by atoms with Crippen molar-refractivity contribution in [3.63, 3.8) is 0 Å². The Morgan fingerprint density at radius 2 is 1.65 bits per heavy atom. The van der Waals surface area contributed by atoms with E-state index in [-0.39, 0.29) is 17.3 Å². The first-order valence-corrected chi connectivity index (χ1v) is 14.9. The topological polar surface area (TPSA) is 120 Å². The maximum absolute atomic E-state index is 13.7. The van der Waals surface area contributed by atoms with Crippen LogP contribution in [0, 0.1) is 11.6 Å². The van der Waals surface area contributed by atoms with Gasteiger partial charge in [-0.3, -0.25) is 9.59 Å². The highest BCUT2D eigenvalue weighted by Crippen LogP contribution is 2.32. The molecule has 0 bridgehead atoms. The number of hydrogen-bond acceptors (Lipinski definition) is 8. The second-order valence-corrected chi connectivity index (χ2v) is 12.6. The Labute approximate surface area is 247 Å². The molecule has 11 nitrogen and oxygen atoms in total. The molecule has 0 spiro atoms. The normalized spacial score (nSPS) is 14.3. The van der Waals surface area contributed by atoms with Crippen LogP contribution in [0.1, 0.15) is 10.4 Å². The molecular formula is C29H31F2N7O4S. The van der Waals surface area contributed by atoms with E-state index in [2.05, 4.69) is 25.6 Å². The van der Waals surface area contributed by atoms with Crippen molar-refractivity contribution in [2.24, 2.45) is 0 Å². The van der Waals surface area contributed by atoms with Crippen LogP contribution in [0.5, 0.6) is 0 Å². The molecule has 0 aliphatic carbocycles. The Hall–Kier alpha value is -4.40. The molecule has 1 aliphatic heterocycles. The number of nitrogens with zero attached hydrogens (tertiary/aromatic N) is 5. The minimum absolute atomic E-state index is 0.170. The van der Waals surface area contributed by atoms with E-state index in [9.17, 15) is 26.8 Å². The van der Waals surface area contributed by atoms with Gasteiger partial charge in [0.05, 0.1) is 45.0 Å². The molecule has 1 fully saturated rings. The van der Waals surface area contributed by atoms with Gasteiger partial charge in [0.2, 0.25) is 15.7 Å². The molecule has 1 saturated heterocycles. The standard InChI is InChI=1S/C29H31F2N7O4S/c1-35(2)18-27(39)33-25-6-4-5-24(28(25)37-11-9-36(3)10-12-37)29(40)34-38-26-8-7-22(13-19(26)17-32-38)43(41,42)23-15-20(30)14-21(31)16-23/h4-8,13-17H,9-12,18H2,1-3H3,(H,33,39)(H,34,40). The summed E-state index contributed by atoms with van der Waals surface area (Å²) < 4.78 is 53.5. The van der Waals surface area contributed by atoms with E-state index in [1.54, 1.807) is 37.2 Å². The number of hydrogen-bond donors (Lipinski definition) is 2. The van der Waals surface area contributed by atoms with Crippen LogP contribution >= 0.6 is 0 Å². The zero-order chi connectivity index (χ0) is 30.9. The summed E-state index contributed by atoms with van der Waals surface area (Å²) in [5.41, 5.74) is 4.57. The highest BCUT2D eigenvalue weighted by Gasteiger charge is 2.25. The summed E-state index contributed by atoms with van der Waals surface area (Å²) in [6, 6.07) is 11.3. The lowest BCUT2D eigenvalue weighted by molar-refractivity contribution is -0.116. The molecule has 14 heteroatoms. The van der Waals surface area contributed by atoms with Crippen molar-refractivity contribution in [2.45, 2.75) is 9.79 Å². The number of piperazine rings is 1. The Bertz CT molecular complexity index is 1780. The van der Waals surface area contributed by atoms with Gasteiger partial charge in [-0.2, -0.15) is 9.89 Å². The monoisotopic (exact) mass is 611 g/mol. The number of anilines is 2. The molecule has 3 aromatic carbocycles. The molecule has 0 unspecified atom stereocenters. The van der Waals surface area contributed by atoms with Crippen molar-refractivity contribution >= 4 is 43.9 Å². The number of carbonyl (C=O) groups excluding carboxylic acids is 2. The molecule has 1 aliphatic rings. The summed E-state index contributed by atoms with van der Waals surface area (Å²) in [5, 5.41) is 7.52. The van der Waals surface area contributed by atoms with Gasteiger partial charge in [-0.1, -0.05) is 6.07 Å². The molecule has 1 aromatic heterocycles. The first kappa shape index (κ1) is 30.1. The summed E-state index contributed by atoms with van der Waals surface area (Å²) in [6.45, 7) is 3.02. The first-order chi connectivity index (χ1) is 20.4. The number of para-hydroxylation sites is 1. The van der Waals surface area contributed by atoms with Gasteiger partial charge in [-0.15, -0.1) is 0 Å². The van der Waals surface area contributed by atoms with Crippen molar-refractivity contribution < 1.29 is 26.8 Å². The largest absolute Gasteiger partial charge is 0.367 e. The van der Waals surface area contributed by atoms with E-state index >= 15 is 0 Å². The molecule has 0 radical (unpaired) electrons. The lowest BCUT2D eigenvalue weighted by Gasteiger charge is -2.36. The van der Waals surface area contributed by atoms with Crippen LogP contribution in [0.4, 0.5) is 20.2 Å². The van der Waals surface area contributed by atoms with Crippen molar-refractivity contribution in [3.05, 3.63) is 78.0 Å². The summed E-state index contributed by atoms with van der Waals surface area (Å²) in [4.78, 5) is 32.8. The zero-order valence-corrected chi connectivity index (χ0v) is 24.7. The highest BCUT2D eigenvalue weighted by atomic mass is 32.2. The van der Waals surface area contributed by atoms with Gasteiger partial charge in [0.15, 0.2) is 0 Å². The minimum atomic E-state index is -4.23. The molecule has 43 heavy (non-hydrogen) atoms. The lowest BCUT2D eigenvalue weighted by Crippen LogP contribution is -2.45. The lowest BCUT2D eigenvalue weighted by atomic mass is 10.1. The van der Waals surface area contributed by atoms with Crippen LogP contribution in [-0.4, -0.2) is 93.8 Å². The Kier molecular flexibility index (Phi) is 8.44. The van der Waals surface area contributed by atoms with Crippen LogP contribution in [0.2, 0.25) is 0 Å². The SMILES string of the molecule is CN(C)CC(=O)Nc1cccc(C(=O)Nn2ncc3cc(S(=O)(=O)c4cc(F)cc(F)c4)ccc32)c1N1CCN(C)CC1. The average Bonchev–Trinajstić information content (AvgIpc) is 3.34. The summed E-state index contributed by atoms with van der Waals surface area (Å²) >= 11 is 0. The number of carbonyl (C=O) groups is 2. The van der Waals surface area contributed by atoms with E-state index in [1.165, 1.54) is 29.2 Å². The number of halogens is 2. The third-order valence-corrected chi connectivity index (χ3v) is 8.77. The van der Waals surface area contributed by atoms with E-state index in [0.717, 1.165) is 25.2 Å². The number of rotatable bonds is 8. The minimum Gasteiger partial charge on any atom is -0.367 e. The number of fused-ring (bicyclic) bond motifs is 1. The number of nitrogens with one attached hydrogen (secondary N) is 2. The third-order valence-electron chi connectivity index (χ3n) is 7.04.